The zero-order valence-corrected chi connectivity index (χ0v) is 11.3. The lowest BCUT2D eigenvalue weighted by Crippen LogP contribution is -2.11. The van der Waals surface area contributed by atoms with E-state index in [0.29, 0.717) is 0 Å². The van der Waals surface area contributed by atoms with Gasteiger partial charge in [0.2, 0.25) is 0 Å². The van der Waals surface area contributed by atoms with Crippen molar-refractivity contribution in [2.24, 2.45) is 5.73 Å². The molecule has 0 saturated carbocycles. The average molecular weight is 245 g/mol. The predicted octanol–water partition coefficient (Wildman–Crippen LogP) is 3.92. The van der Waals surface area contributed by atoms with E-state index < -0.39 is 0 Å². The van der Waals surface area contributed by atoms with Crippen LogP contribution < -0.4 is 5.73 Å². The molecule has 2 rings (SSSR count). The first-order chi connectivity index (χ1) is 8.26. The van der Waals surface area contributed by atoms with Gasteiger partial charge in [0, 0.05) is 4.88 Å². The van der Waals surface area contributed by atoms with Crippen molar-refractivity contribution in [2.75, 3.05) is 0 Å². The number of hydrogen-bond acceptors (Lipinski definition) is 2. The van der Waals surface area contributed by atoms with E-state index in [9.17, 15) is 0 Å². The molecular weight excluding hydrogens is 226 g/mol. The van der Waals surface area contributed by atoms with Crippen molar-refractivity contribution in [2.45, 2.75) is 32.7 Å². The monoisotopic (exact) mass is 245 g/mol. The first-order valence-electron chi connectivity index (χ1n) is 6.17. The fourth-order valence-electron chi connectivity index (χ4n) is 2.15. The topological polar surface area (TPSA) is 26.0 Å². The summed E-state index contributed by atoms with van der Waals surface area (Å²) in [4.78, 5) is 1.23. The van der Waals surface area contributed by atoms with Crippen molar-refractivity contribution < 1.29 is 0 Å². The summed E-state index contributed by atoms with van der Waals surface area (Å²) >= 11 is 1.72. The Morgan fingerprint density at radius 3 is 2.47 bits per heavy atom. The Morgan fingerprint density at radius 1 is 1.12 bits per heavy atom. The zero-order chi connectivity index (χ0) is 12.3. The first-order valence-corrected chi connectivity index (χ1v) is 7.04. The van der Waals surface area contributed by atoms with Gasteiger partial charge < -0.3 is 5.73 Å². The minimum atomic E-state index is 0.0196. The lowest BCUT2D eigenvalue weighted by molar-refractivity contribution is 0.883. The van der Waals surface area contributed by atoms with E-state index in [1.54, 1.807) is 11.3 Å². The highest BCUT2D eigenvalue weighted by Gasteiger charge is 2.11. The molecule has 0 fully saturated rings. The molecule has 17 heavy (non-hydrogen) atoms. The van der Waals surface area contributed by atoms with Gasteiger partial charge in [-0.25, -0.2) is 0 Å². The summed E-state index contributed by atoms with van der Waals surface area (Å²) < 4.78 is 0. The molecule has 1 nitrogen and oxygen atoms in total. The second-order valence-electron chi connectivity index (χ2n) is 4.23. The maximum Gasteiger partial charge on any atom is 0.0646 e. The fourth-order valence-corrected chi connectivity index (χ4v) is 2.90. The van der Waals surface area contributed by atoms with Gasteiger partial charge in [0.25, 0.3) is 0 Å². The number of hydrogen-bond donors (Lipinski definition) is 1. The Labute approximate surface area is 107 Å². The summed E-state index contributed by atoms with van der Waals surface area (Å²) in [6, 6.07) is 10.8. The summed E-state index contributed by atoms with van der Waals surface area (Å²) in [5.74, 6) is 0. The summed E-state index contributed by atoms with van der Waals surface area (Å²) in [6.45, 7) is 4.41. The molecule has 0 radical (unpaired) electrons. The van der Waals surface area contributed by atoms with Crippen LogP contribution >= 0.6 is 11.3 Å². The number of thiophene rings is 1. The molecule has 2 heteroatoms. The van der Waals surface area contributed by atoms with Crippen molar-refractivity contribution in [3.63, 3.8) is 0 Å². The number of nitrogens with two attached hydrogens (primary N) is 1. The minimum absolute atomic E-state index is 0.0196. The molecule has 0 bridgehead atoms. The molecule has 1 aromatic heterocycles. The van der Waals surface area contributed by atoms with Gasteiger partial charge in [-0.1, -0.05) is 38.1 Å². The molecule has 2 N–H and O–H groups in total. The average Bonchev–Trinajstić information content (AvgIpc) is 2.90. The van der Waals surface area contributed by atoms with Gasteiger partial charge >= 0.3 is 0 Å². The molecule has 1 aromatic carbocycles. The third-order valence-corrected chi connectivity index (χ3v) is 4.16. The van der Waals surface area contributed by atoms with E-state index in [1.807, 2.05) is 0 Å². The Morgan fingerprint density at radius 2 is 1.88 bits per heavy atom. The van der Waals surface area contributed by atoms with Crippen molar-refractivity contribution in [1.29, 1.82) is 0 Å². The summed E-state index contributed by atoms with van der Waals surface area (Å²) in [5.41, 5.74) is 10.4. The first kappa shape index (κ1) is 12.3. The Balaban J connectivity index is 2.33. The van der Waals surface area contributed by atoms with Gasteiger partial charge in [0.1, 0.15) is 0 Å². The highest BCUT2D eigenvalue weighted by molar-refractivity contribution is 7.10. The highest BCUT2D eigenvalue weighted by atomic mass is 32.1. The predicted molar refractivity (Wildman–Crippen MR) is 75.5 cm³/mol. The SMILES string of the molecule is CCc1ccc(C(N)c2cccs2)cc1CC. The van der Waals surface area contributed by atoms with Gasteiger partial charge in [0.05, 0.1) is 6.04 Å². The van der Waals surface area contributed by atoms with Crippen LogP contribution in [0.15, 0.2) is 35.7 Å². The summed E-state index contributed by atoms with van der Waals surface area (Å²) in [6.07, 6.45) is 2.17. The van der Waals surface area contributed by atoms with E-state index in [0.717, 1.165) is 12.8 Å². The largest absolute Gasteiger partial charge is 0.320 e. The van der Waals surface area contributed by atoms with E-state index in [2.05, 4.69) is 49.6 Å². The van der Waals surface area contributed by atoms with Crippen molar-refractivity contribution in [3.8, 4) is 0 Å². The van der Waals surface area contributed by atoms with E-state index in [-0.39, 0.29) is 6.04 Å². The smallest absolute Gasteiger partial charge is 0.0646 e. The fraction of sp³-hybridized carbons (Fsp3) is 0.333. The second-order valence-corrected chi connectivity index (χ2v) is 5.21. The number of benzene rings is 1. The van der Waals surface area contributed by atoms with E-state index in [4.69, 9.17) is 5.73 Å². The lowest BCUT2D eigenvalue weighted by Gasteiger charge is -2.14. The van der Waals surface area contributed by atoms with Gasteiger partial charge in [-0.3, -0.25) is 0 Å². The summed E-state index contributed by atoms with van der Waals surface area (Å²) in [5, 5.41) is 2.08. The minimum Gasteiger partial charge on any atom is -0.320 e. The van der Waals surface area contributed by atoms with Crippen LogP contribution in [0.2, 0.25) is 0 Å². The van der Waals surface area contributed by atoms with Gasteiger partial charge in [0.15, 0.2) is 0 Å². The van der Waals surface area contributed by atoms with Gasteiger partial charge in [-0.05, 0) is 41.0 Å². The number of aryl methyl sites for hydroxylation is 2. The van der Waals surface area contributed by atoms with Crippen LogP contribution in [0.4, 0.5) is 0 Å². The van der Waals surface area contributed by atoms with Crippen LogP contribution in [0.25, 0.3) is 0 Å². The Bertz CT molecular complexity index is 474. The quantitative estimate of drug-likeness (QED) is 0.868. The van der Waals surface area contributed by atoms with Crippen molar-refractivity contribution in [1.82, 2.24) is 0 Å². The molecule has 90 valence electrons. The van der Waals surface area contributed by atoms with Gasteiger partial charge in [-0.2, -0.15) is 0 Å². The van der Waals surface area contributed by atoms with Crippen LogP contribution in [0.5, 0.6) is 0 Å². The lowest BCUT2D eigenvalue weighted by atomic mass is 9.96. The molecule has 0 amide bonds. The molecule has 2 aromatic rings. The van der Waals surface area contributed by atoms with Crippen LogP contribution in [-0.4, -0.2) is 0 Å². The highest BCUT2D eigenvalue weighted by Crippen LogP contribution is 2.25. The normalized spacial score (nSPS) is 12.6. The molecule has 1 heterocycles. The molecule has 0 aliphatic rings. The molecule has 0 spiro atoms. The standard InChI is InChI=1S/C15H19NS/c1-3-11-7-8-13(10-12(11)4-2)15(16)14-6-5-9-17-14/h5-10,15H,3-4,16H2,1-2H3. The van der Waals surface area contributed by atoms with Crippen LogP contribution in [0, 0.1) is 0 Å². The molecule has 1 atom stereocenters. The third-order valence-electron chi connectivity index (χ3n) is 3.20. The maximum absolute atomic E-state index is 6.29. The van der Waals surface area contributed by atoms with Crippen LogP contribution in [-0.2, 0) is 12.8 Å². The van der Waals surface area contributed by atoms with Crippen LogP contribution in [0.1, 0.15) is 41.5 Å². The molecule has 1 unspecified atom stereocenters. The van der Waals surface area contributed by atoms with Crippen molar-refractivity contribution in [3.05, 3.63) is 57.3 Å². The maximum atomic E-state index is 6.29. The van der Waals surface area contributed by atoms with Gasteiger partial charge in [-0.15, -0.1) is 11.3 Å². The van der Waals surface area contributed by atoms with E-state index in [1.165, 1.54) is 21.6 Å². The van der Waals surface area contributed by atoms with Crippen LogP contribution in [0.3, 0.4) is 0 Å². The Kier molecular flexibility index (Phi) is 3.97. The zero-order valence-electron chi connectivity index (χ0n) is 10.4. The van der Waals surface area contributed by atoms with E-state index >= 15 is 0 Å². The molecule has 0 aliphatic carbocycles. The summed E-state index contributed by atoms with van der Waals surface area (Å²) in [7, 11) is 0. The Hall–Kier alpha value is -1.12. The second kappa shape index (κ2) is 5.48. The molecular formula is C15H19NS. The third kappa shape index (κ3) is 2.59. The molecule has 0 aliphatic heterocycles. The number of rotatable bonds is 4. The molecule has 0 saturated heterocycles. The van der Waals surface area contributed by atoms with Crippen molar-refractivity contribution >= 4 is 11.3 Å².